The Morgan fingerprint density at radius 1 is 0.214 bits per heavy atom. The third-order valence-electron chi connectivity index (χ3n) is 13.7. The number of rotatable bonds is 10. The third kappa shape index (κ3) is 7.10. The Balaban J connectivity index is 0.842. The molecule has 0 bridgehead atoms. The predicted octanol–water partition coefficient (Wildman–Crippen LogP) is 18.2. The molecule has 2 heterocycles. The van der Waals surface area contributed by atoms with Crippen molar-refractivity contribution in [2.45, 2.75) is 0 Å². The Labute approximate surface area is 407 Å². The molecule has 0 saturated heterocycles. The van der Waals surface area contributed by atoms with E-state index in [-0.39, 0.29) is 0 Å². The van der Waals surface area contributed by atoms with Crippen molar-refractivity contribution in [1.82, 2.24) is 9.13 Å². The number of benzene rings is 11. The fourth-order valence-corrected chi connectivity index (χ4v) is 10.5. The molecule has 0 atom stereocenters. The van der Waals surface area contributed by atoms with Crippen LogP contribution < -0.4 is 9.80 Å². The lowest BCUT2D eigenvalue weighted by Crippen LogP contribution is -2.09. The van der Waals surface area contributed by atoms with Crippen LogP contribution in [-0.4, -0.2) is 9.13 Å². The van der Waals surface area contributed by atoms with Crippen molar-refractivity contribution in [2.75, 3.05) is 9.80 Å². The molecule has 0 N–H and O–H groups in total. The van der Waals surface area contributed by atoms with Crippen molar-refractivity contribution >= 4 is 77.7 Å². The Morgan fingerprint density at radius 2 is 0.514 bits per heavy atom. The van der Waals surface area contributed by atoms with E-state index in [2.05, 4.69) is 298 Å². The monoisotopic (exact) mass is 894 g/mol. The molecule has 2 aromatic heterocycles. The first kappa shape index (κ1) is 40.9. The quantitative estimate of drug-likeness (QED) is 0.136. The number of anilines is 6. The van der Waals surface area contributed by atoms with Crippen LogP contribution >= 0.6 is 0 Å². The van der Waals surface area contributed by atoms with Crippen LogP contribution in [0.3, 0.4) is 0 Å². The molecule has 70 heavy (non-hydrogen) atoms. The summed E-state index contributed by atoms with van der Waals surface area (Å²) in [6.07, 6.45) is 0. The van der Waals surface area contributed by atoms with Gasteiger partial charge in [-0.2, -0.15) is 0 Å². The van der Waals surface area contributed by atoms with Crippen molar-refractivity contribution in [1.29, 1.82) is 0 Å². The van der Waals surface area contributed by atoms with Gasteiger partial charge < -0.3 is 18.9 Å². The summed E-state index contributed by atoms with van der Waals surface area (Å²) in [6, 6.07) is 101. The zero-order valence-electron chi connectivity index (χ0n) is 38.3. The van der Waals surface area contributed by atoms with Crippen LogP contribution in [0.2, 0.25) is 0 Å². The molecular weight excluding hydrogens is 849 g/mol. The molecule has 330 valence electrons. The van der Waals surface area contributed by atoms with E-state index in [1.807, 2.05) is 0 Å². The van der Waals surface area contributed by atoms with E-state index in [1.165, 1.54) is 65.9 Å². The maximum absolute atomic E-state index is 2.40. The summed E-state index contributed by atoms with van der Waals surface area (Å²) in [5.41, 5.74) is 18.4. The highest BCUT2D eigenvalue weighted by Gasteiger charge is 2.20. The Bertz CT molecular complexity index is 3630. The molecule has 13 rings (SSSR count). The summed E-state index contributed by atoms with van der Waals surface area (Å²) < 4.78 is 4.80. The molecule has 0 aliphatic heterocycles. The smallest absolute Gasteiger partial charge is 0.0542 e. The summed E-state index contributed by atoms with van der Waals surface area (Å²) in [4.78, 5) is 4.66. The molecule has 4 nitrogen and oxygen atoms in total. The van der Waals surface area contributed by atoms with E-state index in [0.29, 0.717) is 0 Å². The molecule has 13 aromatic rings. The Kier molecular flexibility index (Phi) is 10.1. The van der Waals surface area contributed by atoms with Crippen LogP contribution in [0.1, 0.15) is 0 Å². The van der Waals surface area contributed by atoms with Gasteiger partial charge in [0.25, 0.3) is 0 Å². The lowest BCUT2D eigenvalue weighted by molar-refractivity contribution is 1.18. The largest absolute Gasteiger partial charge is 0.310 e. The normalized spacial score (nSPS) is 11.4. The topological polar surface area (TPSA) is 16.3 Å². The molecule has 0 aliphatic rings. The molecule has 0 saturated carbocycles. The fraction of sp³-hybridized carbons (Fsp3) is 0. The first-order valence-corrected chi connectivity index (χ1v) is 23.9. The van der Waals surface area contributed by atoms with Gasteiger partial charge in [-0.1, -0.05) is 158 Å². The summed E-state index contributed by atoms with van der Waals surface area (Å²) in [5.74, 6) is 0. The SMILES string of the molecule is c1ccc(N(c2ccccc2)c2ccc3c(c2)c2ccccc2n3-c2ccc(-c3ccccc3-c3ccc(-n4c5ccccc5c5cc(N(c6ccccc6)c6ccccc6)ccc54)cc3)cc2)cc1. The van der Waals surface area contributed by atoms with Gasteiger partial charge in [-0.25, -0.2) is 0 Å². The molecule has 11 aromatic carbocycles. The van der Waals surface area contributed by atoms with Crippen LogP contribution in [0, 0.1) is 0 Å². The average Bonchev–Trinajstić information content (AvgIpc) is 3.95. The first-order valence-electron chi connectivity index (χ1n) is 23.9. The van der Waals surface area contributed by atoms with Crippen LogP contribution in [0.4, 0.5) is 34.1 Å². The van der Waals surface area contributed by atoms with Gasteiger partial charge in [0, 0.05) is 67.0 Å². The summed E-state index contributed by atoms with van der Waals surface area (Å²) in [5, 5.41) is 4.88. The van der Waals surface area contributed by atoms with Crippen LogP contribution in [-0.2, 0) is 0 Å². The van der Waals surface area contributed by atoms with Gasteiger partial charge >= 0.3 is 0 Å². The number of para-hydroxylation sites is 6. The second kappa shape index (κ2) is 17.4. The van der Waals surface area contributed by atoms with E-state index in [0.717, 1.165) is 45.5 Å². The molecular formula is C66H46N4. The highest BCUT2D eigenvalue weighted by Crippen LogP contribution is 2.42. The van der Waals surface area contributed by atoms with Gasteiger partial charge in [0.15, 0.2) is 0 Å². The van der Waals surface area contributed by atoms with Crippen molar-refractivity contribution in [2.24, 2.45) is 0 Å². The molecule has 0 spiro atoms. The number of hydrogen-bond donors (Lipinski definition) is 0. The van der Waals surface area contributed by atoms with E-state index in [4.69, 9.17) is 0 Å². The van der Waals surface area contributed by atoms with Gasteiger partial charge in [-0.3, -0.25) is 0 Å². The van der Waals surface area contributed by atoms with Crippen LogP contribution in [0.15, 0.2) is 279 Å². The minimum absolute atomic E-state index is 1.12. The second-order valence-electron chi connectivity index (χ2n) is 17.8. The van der Waals surface area contributed by atoms with Crippen molar-refractivity contribution in [3.05, 3.63) is 279 Å². The first-order chi connectivity index (χ1) is 34.7. The van der Waals surface area contributed by atoms with Crippen molar-refractivity contribution in [3.63, 3.8) is 0 Å². The molecule has 0 aliphatic carbocycles. The molecule has 0 amide bonds. The number of fused-ring (bicyclic) bond motifs is 6. The van der Waals surface area contributed by atoms with Gasteiger partial charge in [0.1, 0.15) is 0 Å². The molecule has 0 unspecified atom stereocenters. The van der Waals surface area contributed by atoms with Gasteiger partial charge in [0.2, 0.25) is 0 Å². The minimum Gasteiger partial charge on any atom is -0.310 e. The van der Waals surface area contributed by atoms with E-state index in [1.54, 1.807) is 0 Å². The number of nitrogens with zero attached hydrogens (tertiary/aromatic N) is 4. The standard InChI is InChI=1S/C66H46N4/c1-5-19-49(20-6-1)67(50-21-7-2-8-22-50)55-41-43-65-61(45-55)59-29-15-17-31-63(59)69(65)53-37-33-47(34-38-53)57-27-13-14-28-58(57)48-35-39-54(40-36-48)70-64-32-18-16-30-60(64)62-46-56(42-44-66(62)70)68(51-23-9-3-10-24-51)52-25-11-4-12-26-52/h1-46H. The summed E-state index contributed by atoms with van der Waals surface area (Å²) in [6.45, 7) is 0. The van der Waals surface area contributed by atoms with E-state index < -0.39 is 0 Å². The molecule has 0 radical (unpaired) electrons. The highest BCUT2D eigenvalue weighted by molar-refractivity contribution is 6.12. The zero-order valence-corrected chi connectivity index (χ0v) is 38.3. The predicted molar refractivity (Wildman–Crippen MR) is 295 cm³/mol. The Hall–Kier alpha value is -9.38. The second-order valence-corrected chi connectivity index (χ2v) is 17.8. The molecule has 4 heteroatoms. The minimum atomic E-state index is 1.12. The van der Waals surface area contributed by atoms with E-state index >= 15 is 0 Å². The highest BCUT2D eigenvalue weighted by atomic mass is 15.1. The average molecular weight is 895 g/mol. The molecule has 0 fully saturated rings. The van der Waals surface area contributed by atoms with Crippen LogP contribution in [0.25, 0.3) is 77.2 Å². The van der Waals surface area contributed by atoms with Crippen molar-refractivity contribution in [3.8, 4) is 33.6 Å². The fourth-order valence-electron chi connectivity index (χ4n) is 10.5. The van der Waals surface area contributed by atoms with Crippen LogP contribution in [0.5, 0.6) is 0 Å². The van der Waals surface area contributed by atoms with E-state index in [9.17, 15) is 0 Å². The lowest BCUT2D eigenvalue weighted by Gasteiger charge is -2.25. The van der Waals surface area contributed by atoms with Gasteiger partial charge in [-0.15, -0.1) is 0 Å². The van der Waals surface area contributed by atoms with Crippen molar-refractivity contribution < 1.29 is 0 Å². The summed E-state index contributed by atoms with van der Waals surface area (Å²) in [7, 11) is 0. The summed E-state index contributed by atoms with van der Waals surface area (Å²) >= 11 is 0. The number of aromatic nitrogens is 2. The maximum Gasteiger partial charge on any atom is 0.0542 e. The maximum atomic E-state index is 2.40. The van der Waals surface area contributed by atoms with Gasteiger partial charge in [-0.05, 0) is 144 Å². The third-order valence-corrected chi connectivity index (χ3v) is 13.7. The number of hydrogen-bond acceptors (Lipinski definition) is 2. The Morgan fingerprint density at radius 3 is 0.871 bits per heavy atom. The van der Waals surface area contributed by atoms with Gasteiger partial charge in [0.05, 0.1) is 22.1 Å². The zero-order chi connectivity index (χ0) is 46.4. The lowest BCUT2D eigenvalue weighted by atomic mass is 9.94.